The molecule has 1 unspecified atom stereocenters. The summed E-state index contributed by atoms with van der Waals surface area (Å²) < 4.78 is 51.7. The maximum atomic E-state index is 13.5. The van der Waals surface area contributed by atoms with E-state index < -0.39 is 35.7 Å². The zero-order chi connectivity index (χ0) is 30.5. The van der Waals surface area contributed by atoms with Gasteiger partial charge in [0, 0.05) is 17.0 Å². The molecule has 0 saturated carbocycles. The van der Waals surface area contributed by atoms with Crippen LogP contribution in [0.5, 0.6) is 0 Å². The number of ether oxygens (including phenoxy) is 2. The minimum absolute atomic E-state index is 0.0727. The van der Waals surface area contributed by atoms with Gasteiger partial charge in [-0.3, -0.25) is 19.7 Å². The van der Waals surface area contributed by atoms with E-state index in [9.17, 15) is 28.0 Å². The number of alkyl halides is 3. The van der Waals surface area contributed by atoms with Gasteiger partial charge in [0.15, 0.2) is 6.73 Å². The first-order valence-corrected chi connectivity index (χ1v) is 12.6. The van der Waals surface area contributed by atoms with Crippen molar-refractivity contribution in [2.75, 3.05) is 45.0 Å². The number of carbonyl (C=O) groups is 2. The standard InChI is InChI=1S/C28H31F3N6O4/c1-5-19(15-32)10-11-20(16-37(6-2)12-13-41-17-37)24-23(25(38)40-4)18(3)35(26(33)36(24)27(34)39)22-9-7-8-21(14-22)28(29,30)31/h5,7-11,14,24,33H,1,6,12-13,16-17H2,2-4H3,(H-,34,39)/p+1/b19-10+,20-11+,33-26?/t24-,37?/m1/s1. The lowest BCUT2D eigenvalue weighted by Gasteiger charge is -2.44. The van der Waals surface area contributed by atoms with E-state index in [0.29, 0.717) is 36.5 Å². The number of nitrogens with two attached hydrogens (primary N) is 1. The molecule has 218 valence electrons. The van der Waals surface area contributed by atoms with Gasteiger partial charge in [-0.05, 0) is 38.1 Å². The number of benzene rings is 1. The fourth-order valence-electron chi connectivity index (χ4n) is 4.96. The molecule has 0 aromatic heterocycles. The Bertz CT molecular complexity index is 1370. The Hall–Kier alpha value is -4.41. The van der Waals surface area contributed by atoms with Crippen molar-refractivity contribution in [2.45, 2.75) is 26.1 Å². The molecule has 3 N–H and O–H groups in total. The third-order valence-electron chi connectivity index (χ3n) is 7.21. The second-order valence-electron chi connectivity index (χ2n) is 9.57. The summed E-state index contributed by atoms with van der Waals surface area (Å²) in [6.07, 6.45) is -0.302. The van der Waals surface area contributed by atoms with Crippen molar-refractivity contribution in [3.63, 3.8) is 0 Å². The van der Waals surface area contributed by atoms with Crippen molar-refractivity contribution in [1.29, 1.82) is 10.7 Å². The predicted molar refractivity (Wildman–Crippen MR) is 145 cm³/mol. The zero-order valence-electron chi connectivity index (χ0n) is 23.0. The summed E-state index contributed by atoms with van der Waals surface area (Å²) in [5.74, 6) is -1.44. The lowest BCUT2D eigenvalue weighted by molar-refractivity contribution is -0.919. The van der Waals surface area contributed by atoms with Gasteiger partial charge >= 0.3 is 18.2 Å². The maximum absolute atomic E-state index is 13.5. The summed E-state index contributed by atoms with van der Waals surface area (Å²) in [4.78, 5) is 28.2. The third kappa shape index (κ3) is 6.34. The van der Waals surface area contributed by atoms with E-state index in [1.807, 2.05) is 13.0 Å². The van der Waals surface area contributed by atoms with Crippen molar-refractivity contribution in [3.05, 3.63) is 77.1 Å². The Morgan fingerprint density at radius 1 is 1.37 bits per heavy atom. The fourth-order valence-corrected chi connectivity index (χ4v) is 4.96. The first kappa shape index (κ1) is 31.1. The number of quaternary nitrogens is 1. The molecule has 0 bridgehead atoms. The van der Waals surface area contributed by atoms with E-state index in [-0.39, 0.29) is 29.1 Å². The van der Waals surface area contributed by atoms with Crippen LogP contribution >= 0.6 is 0 Å². The summed E-state index contributed by atoms with van der Waals surface area (Å²) in [7, 11) is 1.13. The molecule has 1 saturated heterocycles. The number of primary amides is 1. The number of nitriles is 1. The van der Waals surface area contributed by atoms with Crippen LogP contribution in [0.2, 0.25) is 0 Å². The summed E-state index contributed by atoms with van der Waals surface area (Å²) in [5, 5.41) is 18.4. The number of hydrogen-bond donors (Lipinski definition) is 2. The summed E-state index contributed by atoms with van der Waals surface area (Å²) in [5.41, 5.74) is 5.29. The van der Waals surface area contributed by atoms with Crippen molar-refractivity contribution in [1.82, 2.24) is 4.90 Å². The average molecular weight is 574 g/mol. The lowest BCUT2D eigenvalue weighted by atomic mass is 9.91. The molecule has 1 aromatic carbocycles. The summed E-state index contributed by atoms with van der Waals surface area (Å²) >= 11 is 0. The minimum Gasteiger partial charge on any atom is -0.466 e. The molecule has 13 heteroatoms. The van der Waals surface area contributed by atoms with E-state index in [4.69, 9.17) is 20.6 Å². The van der Waals surface area contributed by atoms with E-state index in [1.165, 1.54) is 25.1 Å². The number of allylic oxidation sites excluding steroid dienone is 5. The Morgan fingerprint density at radius 3 is 2.59 bits per heavy atom. The highest BCUT2D eigenvalue weighted by atomic mass is 19.4. The Labute approximate surface area is 236 Å². The van der Waals surface area contributed by atoms with Crippen molar-refractivity contribution >= 4 is 23.6 Å². The highest BCUT2D eigenvalue weighted by Gasteiger charge is 2.47. The number of hydrogen-bond acceptors (Lipinski definition) is 6. The number of carbonyl (C=O) groups excluding carboxylic acids is 2. The third-order valence-corrected chi connectivity index (χ3v) is 7.21. The van der Waals surface area contributed by atoms with E-state index >= 15 is 0 Å². The molecule has 0 aliphatic carbocycles. The first-order valence-electron chi connectivity index (χ1n) is 12.6. The number of urea groups is 1. The summed E-state index contributed by atoms with van der Waals surface area (Å²) in [6.45, 7) is 9.34. The van der Waals surface area contributed by atoms with Crippen LogP contribution in [-0.4, -0.2) is 73.5 Å². The van der Waals surface area contributed by atoms with Crippen LogP contribution in [0.1, 0.15) is 19.4 Å². The second kappa shape index (κ2) is 12.4. The fraction of sp³-hybridized carbons (Fsp3) is 0.357. The van der Waals surface area contributed by atoms with Crippen LogP contribution in [0.4, 0.5) is 23.7 Å². The van der Waals surface area contributed by atoms with Crippen LogP contribution in [0, 0.1) is 16.7 Å². The Kier molecular flexibility index (Phi) is 9.42. The Balaban J connectivity index is 2.34. The van der Waals surface area contributed by atoms with Gasteiger partial charge in [0.25, 0.3) is 0 Å². The van der Waals surface area contributed by atoms with E-state index in [1.54, 1.807) is 6.08 Å². The molecule has 0 spiro atoms. The molecule has 41 heavy (non-hydrogen) atoms. The number of anilines is 1. The molecule has 2 aliphatic rings. The molecule has 10 nitrogen and oxygen atoms in total. The number of methoxy groups -OCH3 is 1. The van der Waals surface area contributed by atoms with E-state index in [2.05, 4.69) is 6.58 Å². The molecule has 3 rings (SSSR count). The average Bonchev–Trinajstić information content (AvgIpc) is 3.40. The molecule has 1 fully saturated rings. The number of rotatable bonds is 8. The highest BCUT2D eigenvalue weighted by molar-refractivity contribution is 6.10. The number of nitrogens with one attached hydrogen (secondary N) is 1. The normalized spacial score (nSPS) is 22.1. The quantitative estimate of drug-likeness (QED) is 0.209. The van der Waals surface area contributed by atoms with Crippen LogP contribution in [0.15, 0.2) is 71.5 Å². The summed E-state index contributed by atoms with van der Waals surface area (Å²) in [6, 6.07) is 3.77. The number of nitrogens with zero attached hydrogens (tertiary/aromatic N) is 4. The van der Waals surface area contributed by atoms with Crippen molar-refractivity contribution in [2.24, 2.45) is 5.73 Å². The second-order valence-corrected chi connectivity index (χ2v) is 9.57. The molecule has 2 heterocycles. The number of esters is 1. The molecule has 2 amide bonds. The number of likely N-dealkylation sites (N-methyl/N-ethyl adjacent to an activating group) is 1. The molecular formula is C28H32F3N6O4+. The number of guanidine groups is 1. The molecule has 2 aliphatic heterocycles. The van der Waals surface area contributed by atoms with Gasteiger partial charge in [-0.2, -0.15) is 18.4 Å². The maximum Gasteiger partial charge on any atom is 0.416 e. The van der Waals surface area contributed by atoms with Gasteiger partial charge in [-0.1, -0.05) is 24.8 Å². The topological polar surface area (TPSA) is 133 Å². The molecule has 1 aromatic rings. The van der Waals surface area contributed by atoms with Gasteiger partial charge in [0.1, 0.15) is 25.7 Å². The SMILES string of the molecule is C=C/C(C#N)=C\C=C(/C[N+]1(CC)CCOC1)[C@@H]1C(C(=O)OC)=C(C)N(c2cccc(C(F)(F)F)c2)C(=N)N1C(N)=O. The highest BCUT2D eigenvalue weighted by Crippen LogP contribution is 2.38. The number of halogens is 3. The van der Waals surface area contributed by atoms with Crippen LogP contribution in [0.25, 0.3) is 0 Å². The van der Waals surface area contributed by atoms with Gasteiger partial charge < -0.3 is 15.2 Å². The van der Waals surface area contributed by atoms with E-state index in [0.717, 1.165) is 35.1 Å². The minimum atomic E-state index is -4.68. The van der Waals surface area contributed by atoms with Gasteiger partial charge in [0.2, 0.25) is 5.96 Å². The lowest BCUT2D eigenvalue weighted by Crippen LogP contribution is -2.61. The first-order chi connectivity index (χ1) is 19.3. The monoisotopic (exact) mass is 573 g/mol. The predicted octanol–water partition coefficient (Wildman–Crippen LogP) is 4.04. The van der Waals surface area contributed by atoms with Gasteiger partial charge in [-0.15, -0.1) is 0 Å². The molecular weight excluding hydrogens is 541 g/mol. The van der Waals surface area contributed by atoms with Crippen LogP contribution in [-0.2, 0) is 20.4 Å². The van der Waals surface area contributed by atoms with Crippen molar-refractivity contribution in [3.8, 4) is 6.07 Å². The number of amides is 2. The van der Waals surface area contributed by atoms with Gasteiger partial charge in [0.05, 0.1) is 36.4 Å². The Morgan fingerprint density at radius 2 is 2.07 bits per heavy atom. The largest absolute Gasteiger partial charge is 0.466 e. The van der Waals surface area contributed by atoms with Crippen molar-refractivity contribution < 1.29 is 36.7 Å². The van der Waals surface area contributed by atoms with Crippen LogP contribution < -0.4 is 10.6 Å². The van der Waals surface area contributed by atoms with Crippen LogP contribution in [0.3, 0.4) is 0 Å². The van der Waals surface area contributed by atoms with Gasteiger partial charge in [-0.25, -0.2) is 9.59 Å². The molecule has 2 atom stereocenters. The molecule has 0 radical (unpaired) electrons. The zero-order valence-corrected chi connectivity index (χ0v) is 23.0. The smallest absolute Gasteiger partial charge is 0.416 e.